The summed E-state index contributed by atoms with van der Waals surface area (Å²) in [6.07, 6.45) is 3.63. The van der Waals surface area contributed by atoms with E-state index in [-0.39, 0.29) is 54.1 Å². The van der Waals surface area contributed by atoms with Crippen LogP contribution in [0.3, 0.4) is 0 Å². The van der Waals surface area contributed by atoms with Crippen LogP contribution in [-0.4, -0.2) is 73.7 Å². The van der Waals surface area contributed by atoms with E-state index in [1.165, 1.54) is 22.5 Å². The third-order valence-corrected chi connectivity index (χ3v) is 9.37. The number of halogens is 1. The number of benzene rings is 2. The van der Waals surface area contributed by atoms with Gasteiger partial charge in [-0.25, -0.2) is 17.6 Å². The van der Waals surface area contributed by atoms with Gasteiger partial charge in [-0.1, -0.05) is 31.6 Å². The van der Waals surface area contributed by atoms with Crippen LogP contribution >= 0.6 is 0 Å². The van der Waals surface area contributed by atoms with Crippen molar-refractivity contribution >= 4 is 16.1 Å². The quantitative estimate of drug-likeness (QED) is 0.548. The summed E-state index contributed by atoms with van der Waals surface area (Å²) in [6, 6.07) is 9.74. The number of hydrogen-bond donors (Lipinski definition) is 2. The normalized spacial score (nSPS) is 21.9. The highest BCUT2D eigenvalue weighted by Crippen LogP contribution is 2.34. The van der Waals surface area contributed by atoms with E-state index < -0.39 is 22.2 Å². The second kappa shape index (κ2) is 12.4. The van der Waals surface area contributed by atoms with Gasteiger partial charge in [-0.15, -0.1) is 0 Å². The molecule has 2 aromatic carbocycles. The third kappa shape index (κ3) is 6.90. The molecule has 1 fully saturated rings. The van der Waals surface area contributed by atoms with Crippen molar-refractivity contribution in [2.24, 2.45) is 5.92 Å². The van der Waals surface area contributed by atoms with E-state index in [1.54, 1.807) is 43.1 Å². The molecule has 10 heteroatoms. The van der Waals surface area contributed by atoms with Gasteiger partial charge in [0.2, 0.25) is 10.0 Å². The maximum atomic E-state index is 13.7. The van der Waals surface area contributed by atoms with Crippen molar-refractivity contribution in [1.29, 1.82) is 0 Å². The van der Waals surface area contributed by atoms with Crippen LogP contribution in [0, 0.1) is 23.6 Å². The zero-order valence-corrected chi connectivity index (χ0v) is 23.4. The maximum absolute atomic E-state index is 13.7. The number of fused-ring (bicyclic) bond motifs is 1. The molecule has 2 aliphatic rings. The van der Waals surface area contributed by atoms with Gasteiger partial charge in [0.25, 0.3) is 0 Å². The monoisotopic (exact) mass is 557 g/mol. The van der Waals surface area contributed by atoms with Gasteiger partial charge in [0, 0.05) is 42.7 Å². The Morgan fingerprint density at radius 3 is 2.49 bits per heavy atom. The van der Waals surface area contributed by atoms with E-state index in [1.807, 2.05) is 6.92 Å². The van der Waals surface area contributed by atoms with Crippen LogP contribution in [0.2, 0.25) is 0 Å². The minimum absolute atomic E-state index is 0.0231. The lowest BCUT2D eigenvalue weighted by Gasteiger charge is -2.37. The number of carbonyl (C=O) groups excluding carboxylic acids is 1. The molecular formula is C29H36FN3O5S. The average molecular weight is 558 g/mol. The van der Waals surface area contributed by atoms with Crippen LogP contribution in [0.1, 0.15) is 50.7 Å². The largest absolute Gasteiger partial charge is 0.487 e. The number of likely N-dealkylation sites (N-methyl/N-ethyl adjacent to an activating group) is 1. The predicted octanol–water partition coefficient (Wildman–Crippen LogP) is 3.58. The number of amides is 2. The van der Waals surface area contributed by atoms with Crippen molar-refractivity contribution in [3.63, 3.8) is 0 Å². The summed E-state index contributed by atoms with van der Waals surface area (Å²) in [6.45, 7) is 3.57. The van der Waals surface area contributed by atoms with E-state index in [4.69, 9.17) is 4.74 Å². The van der Waals surface area contributed by atoms with E-state index in [0.29, 0.717) is 11.1 Å². The first-order chi connectivity index (χ1) is 18.6. The van der Waals surface area contributed by atoms with Gasteiger partial charge in [-0.3, -0.25) is 0 Å². The molecule has 2 aromatic rings. The van der Waals surface area contributed by atoms with Crippen LogP contribution in [0.5, 0.6) is 5.75 Å². The number of aliphatic hydroxyl groups is 1. The first-order valence-electron chi connectivity index (χ1n) is 13.3. The second-order valence-corrected chi connectivity index (χ2v) is 12.3. The first kappa shape index (κ1) is 28.9. The summed E-state index contributed by atoms with van der Waals surface area (Å²) >= 11 is 0. The summed E-state index contributed by atoms with van der Waals surface area (Å²) in [5.41, 5.74) is 1.13. The Kier molecular flexibility index (Phi) is 9.15. The Labute approximate surface area is 230 Å². The summed E-state index contributed by atoms with van der Waals surface area (Å²) in [7, 11) is -2.29. The van der Waals surface area contributed by atoms with Crippen molar-refractivity contribution in [2.75, 3.05) is 26.7 Å². The van der Waals surface area contributed by atoms with Crippen LogP contribution in [0.15, 0.2) is 47.4 Å². The molecule has 0 unspecified atom stereocenters. The zero-order valence-electron chi connectivity index (χ0n) is 22.6. The number of sulfonamides is 1. The number of urea groups is 1. The summed E-state index contributed by atoms with van der Waals surface area (Å²) in [5, 5.41) is 12.9. The number of aliphatic hydroxyl groups excluding tert-OH is 1. The SMILES string of the molecule is C[C@@H]1CN([C@@H](C)CO)S(=O)(=O)c2ccc(C#Cc3ccc(F)cc3)cc2O[C@@H]1CN(C)C(=O)NC1CCCC1. The molecule has 0 saturated heterocycles. The number of ether oxygens (including phenoxy) is 1. The molecule has 3 atom stereocenters. The zero-order chi connectivity index (χ0) is 28.2. The van der Waals surface area contributed by atoms with Crippen molar-refractivity contribution in [3.8, 4) is 17.6 Å². The van der Waals surface area contributed by atoms with Crippen LogP contribution in [0.25, 0.3) is 0 Å². The number of hydrogen-bond acceptors (Lipinski definition) is 5. The Morgan fingerprint density at radius 1 is 1.18 bits per heavy atom. The van der Waals surface area contributed by atoms with Crippen molar-refractivity contribution in [2.45, 2.75) is 62.6 Å². The van der Waals surface area contributed by atoms with E-state index in [9.17, 15) is 22.7 Å². The first-order valence-corrected chi connectivity index (χ1v) is 14.7. The Hall–Kier alpha value is -3.13. The van der Waals surface area contributed by atoms with Gasteiger partial charge >= 0.3 is 6.03 Å². The van der Waals surface area contributed by atoms with Crippen LogP contribution < -0.4 is 10.1 Å². The number of nitrogens with zero attached hydrogens (tertiary/aromatic N) is 2. The summed E-state index contributed by atoms with van der Waals surface area (Å²) < 4.78 is 48.2. The Morgan fingerprint density at radius 2 is 1.82 bits per heavy atom. The van der Waals surface area contributed by atoms with Gasteiger partial charge in [0.1, 0.15) is 22.6 Å². The van der Waals surface area contributed by atoms with Gasteiger partial charge in [0.15, 0.2) is 0 Å². The van der Waals surface area contributed by atoms with Crippen molar-refractivity contribution in [1.82, 2.24) is 14.5 Å². The van der Waals surface area contributed by atoms with Gasteiger partial charge in [0.05, 0.1) is 13.2 Å². The summed E-state index contributed by atoms with van der Waals surface area (Å²) in [4.78, 5) is 14.4. The number of rotatable bonds is 5. The molecule has 2 N–H and O–H groups in total. The highest BCUT2D eigenvalue weighted by Gasteiger charge is 2.38. The lowest BCUT2D eigenvalue weighted by Crippen LogP contribution is -2.51. The fraction of sp³-hybridized carbons (Fsp3) is 0.483. The fourth-order valence-corrected chi connectivity index (χ4v) is 6.73. The molecule has 0 aromatic heterocycles. The number of carbonyl (C=O) groups is 1. The van der Waals surface area contributed by atoms with E-state index >= 15 is 0 Å². The Balaban J connectivity index is 1.66. The maximum Gasteiger partial charge on any atom is 0.317 e. The minimum Gasteiger partial charge on any atom is -0.487 e. The molecule has 1 aliphatic carbocycles. The molecule has 39 heavy (non-hydrogen) atoms. The number of nitrogens with one attached hydrogen (secondary N) is 1. The second-order valence-electron chi connectivity index (χ2n) is 10.5. The van der Waals surface area contributed by atoms with Gasteiger partial charge < -0.3 is 20.1 Å². The molecule has 0 spiro atoms. The third-order valence-electron chi connectivity index (χ3n) is 7.35. The molecule has 8 nitrogen and oxygen atoms in total. The molecule has 0 radical (unpaired) electrons. The molecule has 0 bridgehead atoms. The fourth-order valence-electron chi connectivity index (χ4n) is 4.91. The Bertz CT molecular complexity index is 1330. The van der Waals surface area contributed by atoms with E-state index in [2.05, 4.69) is 17.2 Å². The van der Waals surface area contributed by atoms with Gasteiger partial charge in [-0.2, -0.15) is 4.31 Å². The van der Waals surface area contributed by atoms with Crippen molar-refractivity contribution < 1.29 is 27.4 Å². The highest BCUT2D eigenvalue weighted by molar-refractivity contribution is 7.89. The molecule has 1 saturated carbocycles. The molecule has 2 amide bonds. The molecule has 210 valence electrons. The molecule has 1 aliphatic heterocycles. The van der Waals surface area contributed by atoms with Gasteiger partial charge in [-0.05, 0) is 62.2 Å². The molecule has 1 heterocycles. The molecule has 4 rings (SSSR count). The highest BCUT2D eigenvalue weighted by atomic mass is 32.2. The van der Waals surface area contributed by atoms with Crippen molar-refractivity contribution in [3.05, 3.63) is 59.4 Å². The smallest absolute Gasteiger partial charge is 0.317 e. The van der Waals surface area contributed by atoms with Crippen LogP contribution in [-0.2, 0) is 10.0 Å². The lowest BCUT2D eigenvalue weighted by atomic mass is 10.0. The van der Waals surface area contributed by atoms with Crippen LogP contribution in [0.4, 0.5) is 9.18 Å². The standard InChI is InChI=1S/C29H36FN3O5S/c1-20-17-33(21(2)19-34)39(36,37)28-15-12-23(9-8-22-10-13-24(30)14-11-22)16-26(28)38-27(20)18-32(3)29(35)31-25-6-4-5-7-25/h10-16,20-21,25,27,34H,4-7,17-19H2,1-3H3,(H,31,35)/t20-,21+,27-/m1/s1. The summed E-state index contributed by atoms with van der Waals surface area (Å²) in [5.74, 6) is 5.43. The lowest BCUT2D eigenvalue weighted by molar-refractivity contribution is 0.0808. The minimum atomic E-state index is -3.99. The van der Waals surface area contributed by atoms with E-state index in [0.717, 1.165) is 25.7 Å². The topological polar surface area (TPSA) is 99.2 Å². The predicted molar refractivity (Wildman–Crippen MR) is 146 cm³/mol. The molecular weight excluding hydrogens is 521 g/mol. The average Bonchev–Trinajstić information content (AvgIpc) is 3.42.